The van der Waals surface area contributed by atoms with Gasteiger partial charge in [-0.1, -0.05) is 42.5 Å². The molecular weight excluding hydrogens is 314 g/mol. The average Bonchev–Trinajstić information content (AvgIpc) is 3.10. The van der Waals surface area contributed by atoms with Crippen molar-refractivity contribution in [3.8, 4) is 0 Å². The summed E-state index contributed by atoms with van der Waals surface area (Å²) >= 11 is 0. The monoisotopic (exact) mass is 337 g/mol. The van der Waals surface area contributed by atoms with Crippen LogP contribution in [0.2, 0.25) is 0 Å². The second-order valence-corrected chi connectivity index (χ2v) is 6.69. The standard InChI is InChI=1S/C21H23NO3/c1-15(24)19-4-2-3-5-20(19)21(25)22-11-10-18(13-22)12-16-6-8-17(14-23)9-7-16/h2-9,18,23H,10-14H2,1H3/t18-/m0/s1. The van der Waals surface area contributed by atoms with Crippen molar-refractivity contribution in [2.24, 2.45) is 5.92 Å². The maximum absolute atomic E-state index is 12.8. The molecule has 4 nitrogen and oxygen atoms in total. The molecule has 1 aliphatic heterocycles. The molecule has 0 spiro atoms. The lowest BCUT2D eigenvalue weighted by Crippen LogP contribution is -2.30. The van der Waals surface area contributed by atoms with E-state index in [-0.39, 0.29) is 18.3 Å². The molecule has 1 N–H and O–H groups in total. The smallest absolute Gasteiger partial charge is 0.254 e. The highest BCUT2D eigenvalue weighted by Gasteiger charge is 2.28. The molecule has 3 rings (SSSR count). The van der Waals surface area contributed by atoms with E-state index in [1.54, 1.807) is 24.3 Å². The first-order valence-electron chi connectivity index (χ1n) is 8.66. The first kappa shape index (κ1) is 17.4. The Kier molecular flexibility index (Phi) is 5.29. The third kappa shape index (κ3) is 3.97. The van der Waals surface area contributed by atoms with Crippen LogP contribution in [0.3, 0.4) is 0 Å². The van der Waals surface area contributed by atoms with Crippen LogP contribution in [0.5, 0.6) is 0 Å². The summed E-state index contributed by atoms with van der Waals surface area (Å²) in [4.78, 5) is 26.4. The number of carbonyl (C=O) groups is 2. The Hall–Kier alpha value is -2.46. The van der Waals surface area contributed by atoms with Crippen LogP contribution >= 0.6 is 0 Å². The minimum Gasteiger partial charge on any atom is -0.392 e. The van der Waals surface area contributed by atoms with E-state index >= 15 is 0 Å². The van der Waals surface area contributed by atoms with E-state index in [0.717, 1.165) is 24.9 Å². The molecule has 2 aromatic rings. The zero-order valence-electron chi connectivity index (χ0n) is 14.4. The van der Waals surface area contributed by atoms with Gasteiger partial charge in [0.25, 0.3) is 5.91 Å². The van der Waals surface area contributed by atoms with Gasteiger partial charge in [-0.15, -0.1) is 0 Å². The summed E-state index contributed by atoms with van der Waals surface area (Å²) in [5.74, 6) is 0.293. The van der Waals surface area contributed by atoms with Gasteiger partial charge in [-0.3, -0.25) is 9.59 Å². The minimum absolute atomic E-state index is 0.0519. The molecule has 25 heavy (non-hydrogen) atoms. The van der Waals surface area contributed by atoms with E-state index in [0.29, 0.717) is 23.6 Å². The third-order valence-electron chi connectivity index (χ3n) is 4.84. The number of amides is 1. The Morgan fingerprint density at radius 2 is 1.68 bits per heavy atom. The van der Waals surface area contributed by atoms with Crippen LogP contribution in [0.15, 0.2) is 48.5 Å². The Labute approximate surface area is 148 Å². The Bertz CT molecular complexity index is 767. The van der Waals surface area contributed by atoms with Crippen LogP contribution in [0, 0.1) is 5.92 Å². The summed E-state index contributed by atoms with van der Waals surface area (Å²) in [7, 11) is 0. The number of ketones is 1. The summed E-state index contributed by atoms with van der Waals surface area (Å²) in [5, 5.41) is 9.11. The summed E-state index contributed by atoms with van der Waals surface area (Å²) in [6.07, 6.45) is 1.89. The fourth-order valence-electron chi connectivity index (χ4n) is 3.44. The highest BCUT2D eigenvalue weighted by Crippen LogP contribution is 2.24. The number of likely N-dealkylation sites (tertiary alicyclic amines) is 1. The Balaban J connectivity index is 1.66. The number of rotatable bonds is 5. The highest BCUT2D eigenvalue weighted by molar-refractivity contribution is 6.07. The van der Waals surface area contributed by atoms with Gasteiger partial charge < -0.3 is 10.0 Å². The molecule has 0 radical (unpaired) electrons. The zero-order chi connectivity index (χ0) is 17.8. The van der Waals surface area contributed by atoms with Crippen molar-refractivity contribution in [2.45, 2.75) is 26.4 Å². The van der Waals surface area contributed by atoms with Gasteiger partial charge in [-0.2, -0.15) is 0 Å². The highest BCUT2D eigenvalue weighted by atomic mass is 16.3. The second-order valence-electron chi connectivity index (χ2n) is 6.69. The summed E-state index contributed by atoms with van der Waals surface area (Å²) in [6.45, 7) is 2.99. The number of aliphatic hydroxyl groups excluding tert-OH is 1. The molecule has 0 bridgehead atoms. The summed E-state index contributed by atoms with van der Waals surface area (Å²) in [5.41, 5.74) is 3.13. The lowest BCUT2D eigenvalue weighted by Gasteiger charge is -2.18. The molecule has 1 atom stereocenters. The molecule has 130 valence electrons. The number of Topliss-reactive ketones (excluding diaryl/α,β-unsaturated/α-hetero) is 1. The van der Waals surface area contributed by atoms with Crippen LogP contribution in [0.4, 0.5) is 0 Å². The molecule has 4 heteroatoms. The molecule has 0 saturated carbocycles. The van der Waals surface area contributed by atoms with Crippen molar-refractivity contribution in [1.82, 2.24) is 4.90 Å². The predicted molar refractivity (Wildman–Crippen MR) is 96.5 cm³/mol. The van der Waals surface area contributed by atoms with Gasteiger partial charge in [-0.05, 0) is 42.9 Å². The Morgan fingerprint density at radius 3 is 2.32 bits per heavy atom. The molecule has 0 aliphatic carbocycles. The topological polar surface area (TPSA) is 57.6 Å². The Morgan fingerprint density at radius 1 is 1.04 bits per heavy atom. The largest absolute Gasteiger partial charge is 0.392 e. The van der Waals surface area contributed by atoms with E-state index < -0.39 is 0 Å². The van der Waals surface area contributed by atoms with Crippen LogP contribution < -0.4 is 0 Å². The first-order valence-corrected chi connectivity index (χ1v) is 8.66. The average molecular weight is 337 g/mol. The van der Waals surface area contributed by atoms with Gasteiger partial charge >= 0.3 is 0 Å². The summed E-state index contributed by atoms with van der Waals surface area (Å²) < 4.78 is 0. The number of nitrogens with zero attached hydrogens (tertiary/aromatic N) is 1. The lowest BCUT2D eigenvalue weighted by atomic mass is 9.98. The molecule has 2 aromatic carbocycles. The number of hydrogen-bond acceptors (Lipinski definition) is 3. The second kappa shape index (κ2) is 7.62. The normalized spacial score (nSPS) is 16.9. The number of hydrogen-bond donors (Lipinski definition) is 1. The van der Waals surface area contributed by atoms with Gasteiger partial charge in [0.15, 0.2) is 5.78 Å². The molecule has 1 heterocycles. The SMILES string of the molecule is CC(=O)c1ccccc1C(=O)N1CC[C@@H](Cc2ccc(CO)cc2)C1. The third-order valence-corrected chi connectivity index (χ3v) is 4.84. The zero-order valence-corrected chi connectivity index (χ0v) is 14.4. The molecule has 1 saturated heterocycles. The van der Waals surface area contributed by atoms with Gasteiger partial charge in [0, 0.05) is 18.7 Å². The molecular formula is C21H23NO3. The quantitative estimate of drug-likeness (QED) is 0.853. The molecule has 1 aliphatic rings. The number of benzene rings is 2. The van der Waals surface area contributed by atoms with Crippen molar-refractivity contribution < 1.29 is 14.7 Å². The van der Waals surface area contributed by atoms with E-state index in [2.05, 4.69) is 0 Å². The van der Waals surface area contributed by atoms with Crippen LogP contribution in [-0.4, -0.2) is 34.8 Å². The van der Waals surface area contributed by atoms with Crippen molar-refractivity contribution in [3.63, 3.8) is 0 Å². The van der Waals surface area contributed by atoms with Crippen molar-refractivity contribution in [1.29, 1.82) is 0 Å². The molecule has 0 unspecified atom stereocenters. The van der Waals surface area contributed by atoms with Crippen molar-refractivity contribution in [2.75, 3.05) is 13.1 Å². The lowest BCUT2D eigenvalue weighted by molar-refractivity contribution is 0.0781. The number of aliphatic hydroxyl groups is 1. The maximum Gasteiger partial charge on any atom is 0.254 e. The van der Waals surface area contributed by atoms with Gasteiger partial charge in [-0.25, -0.2) is 0 Å². The van der Waals surface area contributed by atoms with Gasteiger partial charge in [0.2, 0.25) is 0 Å². The predicted octanol–water partition coefficient (Wildman–Crippen LogP) is 3.09. The van der Waals surface area contributed by atoms with Gasteiger partial charge in [0.1, 0.15) is 0 Å². The summed E-state index contributed by atoms with van der Waals surface area (Å²) in [6, 6.07) is 15.0. The van der Waals surface area contributed by atoms with E-state index in [9.17, 15) is 9.59 Å². The molecule has 1 fully saturated rings. The fourth-order valence-corrected chi connectivity index (χ4v) is 3.44. The van der Waals surface area contributed by atoms with Crippen molar-refractivity contribution >= 4 is 11.7 Å². The van der Waals surface area contributed by atoms with E-state index in [4.69, 9.17) is 5.11 Å². The van der Waals surface area contributed by atoms with Crippen molar-refractivity contribution in [3.05, 3.63) is 70.8 Å². The van der Waals surface area contributed by atoms with Crippen LogP contribution in [-0.2, 0) is 13.0 Å². The van der Waals surface area contributed by atoms with Crippen LogP contribution in [0.25, 0.3) is 0 Å². The van der Waals surface area contributed by atoms with Gasteiger partial charge in [0.05, 0.1) is 12.2 Å². The molecule has 1 amide bonds. The van der Waals surface area contributed by atoms with Crippen LogP contribution in [0.1, 0.15) is 45.2 Å². The van der Waals surface area contributed by atoms with E-state index in [1.165, 1.54) is 12.5 Å². The molecule has 0 aromatic heterocycles. The first-order chi connectivity index (χ1) is 12.1. The number of carbonyl (C=O) groups excluding carboxylic acids is 2. The maximum atomic E-state index is 12.8. The minimum atomic E-state index is -0.0799. The fraction of sp³-hybridized carbons (Fsp3) is 0.333. The van der Waals surface area contributed by atoms with E-state index in [1.807, 2.05) is 29.2 Å².